The number of hydrogen-bond donors (Lipinski definition) is 0. The van der Waals surface area contributed by atoms with Crippen molar-refractivity contribution in [2.45, 2.75) is 42.5 Å². The van der Waals surface area contributed by atoms with Crippen molar-refractivity contribution in [3.8, 4) is 11.1 Å². The van der Waals surface area contributed by atoms with Crippen LogP contribution in [0.5, 0.6) is 0 Å². The monoisotopic (exact) mass is 462 g/mol. The van der Waals surface area contributed by atoms with Crippen LogP contribution >= 0.6 is 0 Å². The van der Waals surface area contributed by atoms with Gasteiger partial charge in [-0.1, -0.05) is 36.4 Å². The molecule has 0 aromatic heterocycles. The van der Waals surface area contributed by atoms with Gasteiger partial charge in [-0.05, 0) is 71.3 Å². The van der Waals surface area contributed by atoms with E-state index in [-0.39, 0.29) is 30.5 Å². The molecule has 3 aromatic carbocycles. The van der Waals surface area contributed by atoms with Crippen LogP contribution in [0.4, 0.5) is 13.2 Å². The molecule has 1 unspecified atom stereocenters. The predicted molar refractivity (Wildman–Crippen MR) is 115 cm³/mol. The minimum Gasteiger partial charge on any atom is -0.466 e. The first-order valence-electron chi connectivity index (χ1n) is 10.2. The highest BCUT2D eigenvalue weighted by Crippen LogP contribution is 2.44. The molecule has 0 fully saturated rings. The van der Waals surface area contributed by atoms with Gasteiger partial charge in [-0.3, -0.25) is 4.79 Å². The first-order chi connectivity index (χ1) is 15.1. The van der Waals surface area contributed by atoms with Crippen LogP contribution in [-0.4, -0.2) is 26.5 Å². The lowest BCUT2D eigenvalue weighted by Crippen LogP contribution is -2.24. The van der Waals surface area contributed by atoms with Crippen molar-refractivity contribution < 1.29 is 31.1 Å². The molecule has 0 N–H and O–H groups in total. The Kier molecular flexibility index (Phi) is 5.75. The third-order valence-electron chi connectivity index (χ3n) is 5.82. The molecule has 3 aromatic rings. The fraction of sp³-hybridized carbons (Fsp3) is 0.292. The summed E-state index contributed by atoms with van der Waals surface area (Å²) in [4.78, 5) is 11.2. The van der Waals surface area contributed by atoms with Crippen LogP contribution in [-0.2, 0) is 25.8 Å². The summed E-state index contributed by atoms with van der Waals surface area (Å²) in [6.07, 6.45) is 1.04. The average Bonchev–Trinajstić information content (AvgIpc) is 3.13. The first kappa shape index (κ1) is 22.3. The number of carbonyl (C=O) groups is 1. The van der Waals surface area contributed by atoms with Gasteiger partial charge in [-0.2, -0.15) is 13.2 Å². The first-order valence-corrected chi connectivity index (χ1v) is 11.7. The highest BCUT2D eigenvalue weighted by Gasteiger charge is 2.48. The Balaban J connectivity index is 1.90. The quantitative estimate of drug-likeness (QED) is 0.451. The van der Waals surface area contributed by atoms with Crippen LogP contribution < -0.4 is 0 Å². The van der Waals surface area contributed by atoms with Gasteiger partial charge in [0, 0.05) is 5.56 Å². The number of esters is 1. The molecule has 0 heterocycles. The maximum absolute atomic E-state index is 13.5. The molecule has 0 radical (unpaired) electrons. The van der Waals surface area contributed by atoms with Crippen molar-refractivity contribution in [1.82, 2.24) is 0 Å². The zero-order chi connectivity index (χ0) is 23.1. The summed E-state index contributed by atoms with van der Waals surface area (Å²) in [7, 11) is -5.57. The van der Waals surface area contributed by atoms with Gasteiger partial charge in [0.15, 0.2) is 0 Å². The van der Waals surface area contributed by atoms with Crippen molar-refractivity contribution in [1.29, 1.82) is 0 Å². The van der Waals surface area contributed by atoms with Gasteiger partial charge in [-0.15, -0.1) is 0 Å². The van der Waals surface area contributed by atoms with Crippen LogP contribution in [0, 0.1) is 0 Å². The summed E-state index contributed by atoms with van der Waals surface area (Å²) in [5.41, 5.74) is -3.84. The standard InChI is InChI=1S/C24H21F3O4S/c1-2-31-23(28)13-19-10-9-18-12-22(32(29,30)24(25,26)27)21(14-20(18)19)17-8-7-15-5-3-4-6-16(15)11-17/h3-8,11-12,14,19H,2,9-10,13H2,1H3. The molecule has 1 aliphatic carbocycles. The van der Waals surface area contributed by atoms with Gasteiger partial charge in [0.25, 0.3) is 9.84 Å². The van der Waals surface area contributed by atoms with E-state index in [9.17, 15) is 26.4 Å². The van der Waals surface area contributed by atoms with E-state index >= 15 is 0 Å². The van der Waals surface area contributed by atoms with E-state index in [0.29, 0.717) is 29.5 Å². The summed E-state index contributed by atoms with van der Waals surface area (Å²) in [5.74, 6) is -0.615. The molecule has 0 aliphatic heterocycles. The number of halogens is 3. The molecule has 1 atom stereocenters. The minimum absolute atomic E-state index is 0.0115. The summed E-state index contributed by atoms with van der Waals surface area (Å²) >= 11 is 0. The number of sulfone groups is 1. The number of carbonyl (C=O) groups excluding carboxylic acids is 1. The van der Waals surface area contributed by atoms with Gasteiger partial charge in [0.1, 0.15) is 0 Å². The van der Waals surface area contributed by atoms with E-state index in [1.165, 1.54) is 6.07 Å². The maximum Gasteiger partial charge on any atom is 0.501 e. The molecule has 0 saturated carbocycles. The molecule has 0 saturated heterocycles. The average molecular weight is 462 g/mol. The molecule has 4 nitrogen and oxygen atoms in total. The van der Waals surface area contributed by atoms with Crippen LogP contribution in [0.2, 0.25) is 0 Å². The fourth-order valence-electron chi connectivity index (χ4n) is 4.28. The van der Waals surface area contributed by atoms with E-state index in [1.54, 1.807) is 31.2 Å². The summed E-state index contributed by atoms with van der Waals surface area (Å²) < 4.78 is 70.4. The molecule has 8 heteroatoms. The summed E-state index contributed by atoms with van der Waals surface area (Å²) in [5, 5.41) is 1.67. The highest BCUT2D eigenvalue weighted by atomic mass is 32.2. The molecule has 32 heavy (non-hydrogen) atoms. The Labute approximate surface area is 183 Å². The van der Waals surface area contributed by atoms with Crippen molar-refractivity contribution in [2.24, 2.45) is 0 Å². The SMILES string of the molecule is CCOC(=O)CC1CCc2cc(S(=O)(=O)C(F)(F)F)c(-c3ccc4ccccc4c3)cc21. The second kappa shape index (κ2) is 8.24. The number of ether oxygens (including phenoxy) is 1. The van der Waals surface area contributed by atoms with E-state index in [1.807, 2.05) is 18.2 Å². The second-order valence-corrected chi connectivity index (χ2v) is 9.71. The van der Waals surface area contributed by atoms with E-state index in [4.69, 9.17) is 4.74 Å². The number of alkyl halides is 3. The lowest BCUT2D eigenvalue weighted by atomic mass is 9.93. The lowest BCUT2D eigenvalue weighted by molar-refractivity contribution is -0.143. The van der Waals surface area contributed by atoms with Crippen molar-refractivity contribution in [3.05, 3.63) is 65.7 Å². The van der Waals surface area contributed by atoms with Crippen LogP contribution in [0.25, 0.3) is 21.9 Å². The van der Waals surface area contributed by atoms with Gasteiger partial charge in [0.05, 0.1) is 17.9 Å². The molecule has 1 aliphatic rings. The van der Waals surface area contributed by atoms with Gasteiger partial charge in [-0.25, -0.2) is 8.42 Å². The smallest absolute Gasteiger partial charge is 0.466 e. The fourth-order valence-corrected chi connectivity index (χ4v) is 5.30. The maximum atomic E-state index is 13.5. The number of rotatable bonds is 5. The van der Waals surface area contributed by atoms with Crippen LogP contribution in [0.1, 0.15) is 36.8 Å². The number of aryl methyl sites for hydroxylation is 1. The highest BCUT2D eigenvalue weighted by molar-refractivity contribution is 7.92. The van der Waals surface area contributed by atoms with E-state index < -0.39 is 20.2 Å². The molecule has 0 bridgehead atoms. The Morgan fingerprint density at radius 2 is 1.78 bits per heavy atom. The van der Waals surface area contributed by atoms with E-state index in [0.717, 1.165) is 16.8 Å². The Bertz CT molecular complexity index is 1300. The molecule has 4 rings (SSSR count). The predicted octanol–water partition coefficient (Wildman–Crippen LogP) is 5.78. The minimum atomic E-state index is -5.57. The molecule has 0 amide bonds. The van der Waals surface area contributed by atoms with Crippen molar-refractivity contribution >= 4 is 26.6 Å². The Morgan fingerprint density at radius 1 is 1.06 bits per heavy atom. The topological polar surface area (TPSA) is 60.4 Å². The zero-order valence-corrected chi connectivity index (χ0v) is 18.1. The van der Waals surface area contributed by atoms with Crippen LogP contribution in [0.15, 0.2) is 59.5 Å². The van der Waals surface area contributed by atoms with Gasteiger partial charge >= 0.3 is 11.5 Å². The summed E-state index contributed by atoms with van der Waals surface area (Å²) in [6, 6.07) is 15.0. The molecular weight excluding hydrogens is 441 g/mol. The third-order valence-corrected chi connectivity index (χ3v) is 7.34. The summed E-state index contributed by atoms with van der Waals surface area (Å²) in [6.45, 7) is 1.94. The van der Waals surface area contributed by atoms with E-state index in [2.05, 4.69) is 0 Å². The second-order valence-electron chi connectivity index (χ2n) is 7.80. The van der Waals surface area contributed by atoms with Crippen molar-refractivity contribution in [3.63, 3.8) is 0 Å². The number of benzene rings is 3. The van der Waals surface area contributed by atoms with Crippen molar-refractivity contribution in [2.75, 3.05) is 6.61 Å². The molecule has 168 valence electrons. The zero-order valence-electron chi connectivity index (χ0n) is 17.3. The lowest BCUT2D eigenvalue weighted by Gasteiger charge is -2.17. The largest absolute Gasteiger partial charge is 0.501 e. The van der Waals surface area contributed by atoms with Crippen LogP contribution in [0.3, 0.4) is 0 Å². The molecular formula is C24H21F3O4S. The Hall–Kier alpha value is -2.87. The number of fused-ring (bicyclic) bond motifs is 2. The normalized spacial score (nSPS) is 16.2. The van der Waals surface area contributed by atoms with Gasteiger partial charge in [0.2, 0.25) is 0 Å². The Morgan fingerprint density at radius 3 is 2.47 bits per heavy atom. The molecule has 0 spiro atoms. The van der Waals surface area contributed by atoms with Gasteiger partial charge < -0.3 is 4.74 Å². The number of hydrogen-bond acceptors (Lipinski definition) is 4. The third kappa shape index (κ3) is 3.99.